The fourth-order valence-electron chi connectivity index (χ4n) is 4.31. The third-order valence-electron chi connectivity index (χ3n) is 5.59. The van der Waals surface area contributed by atoms with Crippen LogP contribution in [-0.4, -0.2) is 14.8 Å². The molecule has 4 aromatic rings. The van der Waals surface area contributed by atoms with Crippen molar-refractivity contribution in [1.29, 1.82) is 0 Å². The standard InChI is InChI=1S/C24H23N4/c1-18-9-8-14-22(25-18)28-17-27-21(15-16-23(27)26-28)24(19-10-4-2-5-11-19)20-12-6-3-7-13-20/h2-14,17,21,24H,15-16H2,1H3/q+1/t21-/m0/s1. The monoisotopic (exact) mass is 367 g/mol. The predicted octanol–water partition coefficient (Wildman–Crippen LogP) is 4.18. The molecule has 3 heterocycles. The molecule has 0 amide bonds. The highest BCUT2D eigenvalue weighted by Gasteiger charge is 2.38. The molecular weight excluding hydrogens is 344 g/mol. The van der Waals surface area contributed by atoms with Crippen LogP contribution in [0.1, 0.15) is 41.0 Å². The Bertz CT molecular complexity index is 1050. The van der Waals surface area contributed by atoms with E-state index in [1.165, 1.54) is 11.1 Å². The Morgan fingerprint density at radius 1 is 0.893 bits per heavy atom. The Kier molecular flexibility index (Phi) is 4.24. The van der Waals surface area contributed by atoms with Crippen LogP contribution in [0.5, 0.6) is 0 Å². The minimum Gasteiger partial charge on any atom is -0.230 e. The topological polar surface area (TPSA) is 34.6 Å². The largest absolute Gasteiger partial charge is 0.278 e. The smallest absolute Gasteiger partial charge is 0.230 e. The van der Waals surface area contributed by atoms with Crippen molar-refractivity contribution in [3.05, 3.63) is 108 Å². The molecule has 0 bridgehead atoms. The van der Waals surface area contributed by atoms with Crippen LogP contribution in [0.25, 0.3) is 5.82 Å². The first-order chi connectivity index (χ1) is 13.8. The van der Waals surface area contributed by atoms with Gasteiger partial charge in [-0.3, -0.25) is 0 Å². The maximum absolute atomic E-state index is 4.84. The molecule has 0 aliphatic carbocycles. The molecule has 138 valence electrons. The van der Waals surface area contributed by atoms with Crippen molar-refractivity contribution in [3.63, 3.8) is 0 Å². The van der Waals surface area contributed by atoms with E-state index >= 15 is 0 Å². The molecule has 1 atom stereocenters. The predicted molar refractivity (Wildman–Crippen MR) is 108 cm³/mol. The van der Waals surface area contributed by atoms with E-state index in [2.05, 4.69) is 76.5 Å². The summed E-state index contributed by atoms with van der Waals surface area (Å²) in [5.41, 5.74) is 3.70. The first kappa shape index (κ1) is 16.9. The van der Waals surface area contributed by atoms with Crippen LogP contribution in [0.4, 0.5) is 0 Å². The molecule has 1 aliphatic heterocycles. The van der Waals surface area contributed by atoms with Crippen LogP contribution >= 0.6 is 0 Å². The quantitative estimate of drug-likeness (QED) is 0.507. The summed E-state index contributed by atoms with van der Waals surface area (Å²) < 4.78 is 4.27. The van der Waals surface area contributed by atoms with E-state index in [9.17, 15) is 0 Å². The number of fused-ring (bicyclic) bond motifs is 1. The first-order valence-electron chi connectivity index (χ1n) is 9.83. The van der Waals surface area contributed by atoms with Gasteiger partial charge in [0.1, 0.15) is 0 Å². The Morgan fingerprint density at radius 2 is 1.57 bits per heavy atom. The molecule has 0 unspecified atom stereocenters. The van der Waals surface area contributed by atoms with Gasteiger partial charge in [-0.05, 0) is 30.5 Å². The second-order valence-corrected chi connectivity index (χ2v) is 7.43. The first-order valence-corrected chi connectivity index (χ1v) is 9.83. The summed E-state index contributed by atoms with van der Waals surface area (Å²) in [6, 6.07) is 28.0. The van der Waals surface area contributed by atoms with Crippen LogP contribution in [0.3, 0.4) is 0 Å². The van der Waals surface area contributed by atoms with Gasteiger partial charge in [0.2, 0.25) is 12.1 Å². The molecule has 0 radical (unpaired) electrons. The zero-order valence-corrected chi connectivity index (χ0v) is 15.9. The third-order valence-corrected chi connectivity index (χ3v) is 5.59. The lowest BCUT2D eigenvalue weighted by molar-refractivity contribution is -0.718. The lowest BCUT2D eigenvalue weighted by Crippen LogP contribution is -2.40. The number of aromatic nitrogens is 4. The van der Waals surface area contributed by atoms with Gasteiger partial charge < -0.3 is 0 Å². The van der Waals surface area contributed by atoms with Gasteiger partial charge in [0.05, 0.1) is 6.04 Å². The van der Waals surface area contributed by atoms with Crippen LogP contribution in [0.15, 0.2) is 85.2 Å². The van der Waals surface area contributed by atoms with Gasteiger partial charge in [-0.2, -0.15) is 0 Å². The molecular formula is C24H23N4+. The number of hydrogen-bond donors (Lipinski definition) is 0. The fraction of sp³-hybridized carbons (Fsp3) is 0.208. The van der Waals surface area contributed by atoms with Gasteiger partial charge in [0, 0.05) is 29.2 Å². The number of aryl methyl sites for hydroxylation is 2. The average molecular weight is 367 g/mol. The molecule has 4 heteroatoms. The summed E-state index contributed by atoms with van der Waals surface area (Å²) in [6.45, 7) is 2.01. The van der Waals surface area contributed by atoms with Crippen LogP contribution < -0.4 is 4.57 Å². The summed E-state index contributed by atoms with van der Waals surface area (Å²) in [4.78, 5) is 4.63. The van der Waals surface area contributed by atoms with Crippen LogP contribution in [0.2, 0.25) is 0 Å². The minimum absolute atomic E-state index is 0.303. The van der Waals surface area contributed by atoms with Crippen molar-refractivity contribution in [3.8, 4) is 5.82 Å². The highest BCUT2D eigenvalue weighted by Crippen LogP contribution is 2.37. The summed E-state index contributed by atoms with van der Waals surface area (Å²) >= 11 is 0. The lowest BCUT2D eigenvalue weighted by atomic mass is 9.84. The zero-order valence-electron chi connectivity index (χ0n) is 15.9. The van der Waals surface area contributed by atoms with Gasteiger partial charge in [0.15, 0.2) is 0 Å². The summed E-state index contributed by atoms with van der Waals surface area (Å²) in [6.07, 6.45) is 4.20. The molecule has 28 heavy (non-hydrogen) atoms. The van der Waals surface area contributed by atoms with Gasteiger partial charge in [-0.15, -0.1) is 0 Å². The van der Waals surface area contributed by atoms with Gasteiger partial charge in [0.25, 0.3) is 5.82 Å². The Balaban J connectivity index is 1.58. The van der Waals surface area contributed by atoms with E-state index in [1.807, 2.05) is 29.8 Å². The summed E-state index contributed by atoms with van der Waals surface area (Å²) in [7, 11) is 0. The summed E-state index contributed by atoms with van der Waals surface area (Å²) in [5, 5.41) is 4.84. The van der Waals surface area contributed by atoms with E-state index in [-0.39, 0.29) is 0 Å². The highest BCUT2D eigenvalue weighted by molar-refractivity contribution is 5.33. The van der Waals surface area contributed by atoms with Crippen molar-refractivity contribution in [2.24, 2.45) is 0 Å². The number of rotatable bonds is 4. The van der Waals surface area contributed by atoms with Crippen molar-refractivity contribution >= 4 is 0 Å². The van der Waals surface area contributed by atoms with Crippen molar-refractivity contribution < 1.29 is 4.57 Å². The number of pyridine rings is 1. The summed E-state index contributed by atoms with van der Waals surface area (Å²) in [5.74, 6) is 2.30. The van der Waals surface area contributed by atoms with E-state index in [0.29, 0.717) is 12.0 Å². The van der Waals surface area contributed by atoms with Gasteiger partial charge >= 0.3 is 0 Å². The number of nitrogens with zero attached hydrogens (tertiary/aromatic N) is 4. The second kappa shape index (κ2) is 7.04. The van der Waals surface area contributed by atoms with E-state index in [4.69, 9.17) is 5.10 Å². The number of benzene rings is 2. The van der Waals surface area contributed by atoms with Crippen molar-refractivity contribution in [2.75, 3.05) is 0 Å². The molecule has 1 aliphatic rings. The van der Waals surface area contributed by atoms with E-state index in [1.54, 1.807) is 0 Å². The van der Waals surface area contributed by atoms with Crippen LogP contribution in [0, 0.1) is 6.92 Å². The molecule has 0 N–H and O–H groups in total. The molecule has 0 fully saturated rings. The normalized spacial score (nSPS) is 15.7. The lowest BCUT2D eigenvalue weighted by Gasteiger charge is -2.23. The molecule has 2 aromatic carbocycles. The second-order valence-electron chi connectivity index (χ2n) is 7.43. The Morgan fingerprint density at radius 3 is 2.21 bits per heavy atom. The van der Waals surface area contributed by atoms with Crippen LogP contribution in [-0.2, 0) is 6.42 Å². The maximum Gasteiger partial charge on any atom is 0.278 e. The van der Waals surface area contributed by atoms with Crippen molar-refractivity contribution in [1.82, 2.24) is 14.8 Å². The Hall–Kier alpha value is -3.27. The zero-order chi connectivity index (χ0) is 18.9. The molecule has 0 saturated carbocycles. The molecule has 4 nitrogen and oxygen atoms in total. The van der Waals surface area contributed by atoms with E-state index in [0.717, 1.165) is 30.2 Å². The third kappa shape index (κ3) is 3.01. The highest BCUT2D eigenvalue weighted by atomic mass is 15.4. The minimum atomic E-state index is 0.303. The maximum atomic E-state index is 4.84. The molecule has 0 spiro atoms. The number of hydrogen-bond acceptors (Lipinski definition) is 2. The molecule has 2 aromatic heterocycles. The van der Waals surface area contributed by atoms with Gasteiger partial charge in [-0.25, -0.2) is 9.55 Å². The molecule has 0 saturated heterocycles. The Labute approximate surface area is 165 Å². The average Bonchev–Trinajstić information content (AvgIpc) is 3.32. The molecule has 5 rings (SSSR count). The van der Waals surface area contributed by atoms with Gasteiger partial charge in [-0.1, -0.05) is 71.4 Å². The fourth-order valence-corrected chi connectivity index (χ4v) is 4.31. The van der Waals surface area contributed by atoms with E-state index < -0.39 is 0 Å². The van der Waals surface area contributed by atoms with Crippen molar-refractivity contribution in [2.45, 2.75) is 31.7 Å². The SMILES string of the molecule is Cc1cccc(-n2c[n+]3c(n2)CC[C@H]3C(c2ccccc2)c2ccccc2)n1.